The van der Waals surface area contributed by atoms with Crippen molar-refractivity contribution in [3.8, 4) is 39.1 Å². The molecule has 0 aromatic heterocycles. The van der Waals surface area contributed by atoms with E-state index in [4.69, 9.17) is 0 Å². The summed E-state index contributed by atoms with van der Waals surface area (Å²) >= 11 is 0. The largest absolute Gasteiger partial charge is 0.429 e. The number of ether oxygens (including phenoxy) is 1. The highest BCUT2D eigenvalue weighted by atomic mass is 19.3. The SMILES string of the molecule is CCCCCc1ccc(-c2ccc(-c3ccc(C(F)(F)Oc4ccc(-c5cc(F)c(F)c(F)c5)c(F)c4)c(F)c3)cc2)c(F)c1. The first-order chi connectivity index (χ1) is 21.5. The van der Waals surface area contributed by atoms with E-state index in [-0.39, 0.29) is 16.9 Å². The summed E-state index contributed by atoms with van der Waals surface area (Å²) in [6, 6.07) is 18.1. The molecule has 0 radical (unpaired) electrons. The Labute approximate surface area is 254 Å². The van der Waals surface area contributed by atoms with Crippen LogP contribution in [0.2, 0.25) is 0 Å². The summed E-state index contributed by atoms with van der Waals surface area (Å²) in [5.74, 6) is -8.37. The van der Waals surface area contributed by atoms with Crippen LogP contribution in [0.1, 0.15) is 37.3 Å². The van der Waals surface area contributed by atoms with Crippen molar-refractivity contribution in [3.63, 3.8) is 0 Å². The van der Waals surface area contributed by atoms with Gasteiger partial charge in [0.05, 0.1) is 5.56 Å². The van der Waals surface area contributed by atoms with Crippen LogP contribution in [0.5, 0.6) is 5.75 Å². The smallest absolute Gasteiger partial charge is 0.429 e. The molecular weight excluding hydrogens is 600 g/mol. The molecule has 5 aromatic carbocycles. The van der Waals surface area contributed by atoms with Crippen LogP contribution >= 0.6 is 0 Å². The van der Waals surface area contributed by atoms with Crippen LogP contribution < -0.4 is 4.74 Å². The van der Waals surface area contributed by atoms with E-state index in [1.165, 1.54) is 12.1 Å². The van der Waals surface area contributed by atoms with Gasteiger partial charge in [-0.15, -0.1) is 0 Å². The summed E-state index contributed by atoms with van der Waals surface area (Å²) in [4.78, 5) is 0. The van der Waals surface area contributed by atoms with E-state index in [2.05, 4.69) is 11.7 Å². The third kappa shape index (κ3) is 7.03. The van der Waals surface area contributed by atoms with E-state index in [0.717, 1.165) is 55.5 Å². The topological polar surface area (TPSA) is 9.23 Å². The van der Waals surface area contributed by atoms with E-state index in [1.54, 1.807) is 30.3 Å². The van der Waals surface area contributed by atoms with E-state index in [1.807, 2.05) is 6.07 Å². The molecule has 9 heteroatoms. The third-order valence-corrected chi connectivity index (χ3v) is 7.40. The fraction of sp³-hybridized carbons (Fsp3) is 0.167. The molecule has 0 unspecified atom stereocenters. The Morgan fingerprint density at radius 1 is 0.533 bits per heavy atom. The minimum Gasteiger partial charge on any atom is -0.429 e. The second-order valence-electron chi connectivity index (χ2n) is 10.6. The van der Waals surface area contributed by atoms with Gasteiger partial charge in [-0.25, -0.2) is 26.3 Å². The van der Waals surface area contributed by atoms with Crippen molar-refractivity contribution >= 4 is 0 Å². The van der Waals surface area contributed by atoms with Gasteiger partial charge in [-0.05, 0) is 83.1 Å². The Hall–Kier alpha value is -4.66. The molecular formula is C36H26F8O. The zero-order chi connectivity index (χ0) is 32.3. The van der Waals surface area contributed by atoms with Crippen molar-refractivity contribution in [1.82, 2.24) is 0 Å². The summed E-state index contributed by atoms with van der Waals surface area (Å²) in [5, 5.41) is 0. The maximum atomic E-state index is 15.0. The second kappa shape index (κ2) is 13.1. The zero-order valence-corrected chi connectivity index (χ0v) is 23.9. The van der Waals surface area contributed by atoms with Gasteiger partial charge >= 0.3 is 6.11 Å². The van der Waals surface area contributed by atoms with Gasteiger partial charge in [0.2, 0.25) is 0 Å². The summed E-state index contributed by atoms with van der Waals surface area (Å²) in [6.45, 7) is 2.10. The summed E-state index contributed by atoms with van der Waals surface area (Å²) in [7, 11) is 0. The molecule has 0 aliphatic rings. The quantitative estimate of drug-likeness (QED) is 0.0852. The lowest BCUT2D eigenvalue weighted by atomic mass is 9.97. The van der Waals surface area contributed by atoms with Crippen molar-refractivity contribution in [2.45, 2.75) is 38.7 Å². The minimum atomic E-state index is -4.23. The lowest BCUT2D eigenvalue weighted by Crippen LogP contribution is -2.23. The first-order valence-corrected chi connectivity index (χ1v) is 14.2. The Morgan fingerprint density at radius 2 is 1.11 bits per heavy atom. The van der Waals surface area contributed by atoms with Crippen LogP contribution in [0.25, 0.3) is 33.4 Å². The lowest BCUT2D eigenvalue weighted by molar-refractivity contribution is -0.187. The Morgan fingerprint density at radius 3 is 1.73 bits per heavy atom. The van der Waals surface area contributed by atoms with Crippen LogP contribution in [0.3, 0.4) is 0 Å². The summed E-state index contributed by atoms with van der Waals surface area (Å²) < 4.78 is 119. The molecule has 0 fully saturated rings. The van der Waals surface area contributed by atoms with Crippen LogP contribution in [-0.4, -0.2) is 0 Å². The maximum Gasteiger partial charge on any atom is 0.429 e. The van der Waals surface area contributed by atoms with Gasteiger partial charge in [0.15, 0.2) is 17.5 Å². The Bertz CT molecular complexity index is 1810. The van der Waals surface area contributed by atoms with E-state index in [0.29, 0.717) is 34.9 Å². The van der Waals surface area contributed by atoms with Gasteiger partial charge in [0.1, 0.15) is 23.2 Å². The molecule has 0 N–H and O–H groups in total. The molecule has 232 valence electrons. The molecule has 45 heavy (non-hydrogen) atoms. The number of unbranched alkanes of at least 4 members (excludes halogenated alkanes) is 2. The van der Waals surface area contributed by atoms with E-state index < -0.39 is 52.1 Å². The van der Waals surface area contributed by atoms with Crippen LogP contribution in [-0.2, 0) is 12.5 Å². The summed E-state index contributed by atoms with van der Waals surface area (Å²) in [5.41, 5.74) is 0.817. The third-order valence-electron chi connectivity index (χ3n) is 7.40. The number of rotatable bonds is 10. The predicted molar refractivity (Wildman–Crippen MR) is 157 cm³/mol. The molecule has 0 amide bonds. The molecule has 0 bridgehead atoms. The van der Waals surface area contributed by atoms with Crippen LogP contribution in [0.4, 0.5) is 35.1 Å². The molecule has 5 aromatic rings. The number of aryl methyl sites for hydroxylation is 1. The van der Waals surface area contributed by atoms with Gasteiger partial charge in [-0.1, -0.05) is 62.2 Å². The van der Waals surface area contributed by atoms with Crippen molar-refractivity contribution < 1.29 is 39.9 Å². The number of halogens is 8. The fourth-order valence-corrected chi connectivity index (χ4v) is 5.01. The van der Waals surface area contributed by atoms with Crippen molar-refractivity contribution in [2.75, 3.05) is 0 Å². The van der Waals surface area contributed by atoms with Crippen molar-refractivity contribution in [3.05, 3.63) is 137 Å². The second-order valence-corrected chi connectivity index (χ2v) is 10.6. The van der Waals surface area contributed by atoms with Crippen molar-refractivity contribution in [2.24, 2.45) is 0 Å². The highest BCUT2D eigenvalue weighted by molar-refractivity contribution is 5.71. The molecule has 0 aliphatic heterocycles. The van der Waals surface area contributed by atoms with Gasteiger partial charge in [0, 0.05) is 17.2 Å². The Balaban J connectivity index is 1.31. The van der Waals surface area contributed by atoms with E-state index in [9.17, 15) is 35.1 Å². The predicted octanol–water partition coefficient (Wildman–Crippen LogP) is 11.4. The molecule has 0 aliphatic carbocycles. The number of benzene rings is 5. The molecule has 0 saturated heterocycles. The molecule has 0 atom stereocenters. The maximum absolute atomic E-state index is 15.0. The van der Waals surface area contributed by atoms with Gasteiger partial charge in [-0.2, -0.15) is 8.78 Å². The molecule has 0 spiro atoms. The average molecular weight is 627 g/mol. The van der Waals surface area contributed by atoms with Gasteiger partial charge in [-0.3, -0.25) is 0 Å². The zero-order valence-electron chi connectivity index (χ0n) is 23.9. The molecule has 1 nitrogen and oxygen atoms in total. The fourth-order valence-electron chi connectivity index (χ4n) is 5.01. The minimum absolute atomic E-state index is 0.277. The van der Waals surface area contributed by atoms with Gasteiger partial charge < -0.3 is 4.74 Å². The van der Waals surface area contributed by atoms with Crippen LogP contribution in [0.15, 0.2) is 91.0 Å². The first kappa shape index (κ1) is 31.8. The molecule has 0 heterocycles. The molecule has 0 saturated carbocycles. The highest BCUT2D eigenvalue weighted by Crippen LogP contribution is 2.37. The average Bonchev–Trinajstić information content (AvgIpc) is 3.00. The number of hydrogen-bond donors (Lipinski definition) is 0. The monoisotopic (exact) mass is 626 g/mol. The van der Waals surface area contributed by atoms with Crippen molar-refractivity contribution in [1.29, 1.82) is 0 Å². The standard InChI is InChI=1S/C36H26F8O/c1-2-3-4-5-21-6-13-27(30(37)16-21)23-9-7-22(8-10-23)24-11-15-29(32(39)17-24)36(43,44)45-26-12-14-28(31(38)20-26)25-18-33(40)35(42)34(41)19-25/h6-20H,2-5H2,1H3. The molecule has 5 rings (SSSR count). The Kier molecular flexibility index (Phi) is 9.27. The lowest BCUT2D eigenvalue weighted by Gasteiger charge is -2.20. The number of hydrogen-bond acceptors (Lipinski definition) is 1. The van der Waals surface area contributed by atoms with Gasteiger partial charge in [0.25, 0.3) is 0 Å². The number of alkyl halides is 2. The summed E-state index contributed by atoms with van der Waals surface area (Å²) in [6.07, 6.45) is -0.314. The van der Waals surface area contributed by atoms with Crippen LogP contribution in [0, 0.1) is 34.9 Å². The normalized spacial score (nSPS) is 11.6. The first-order valence-electron chi connectivity index (χ1n) is 14.2. The highest BCUT2D eigenvalue weighted by Gasteiger charge is 2.38. The van der Waals surface area contributed by atoms with E-state index >= 15 is 0 Å².